The number of rotatable bonds is 6. The second-order valence-electron chi connectivity index (χ2n) is 5.19. The monoisotopic (exact) mass is 385 g/mol. The normalized spacial score (nSPS) is 10.7. The zero-order valence-corrected chi connectivity index (χ0v) is 14.4. The summed E-state index contributed by atoms with van der Waals surface area (Å²) in [5.74, 6) is -0.106. The van der Waals surface area contributed by atoms with E-state index in [9.17, 15) is 14.9 Å². The lowest BCUT2D eigenvalue weighted by molar-refractivity contribution is -0.385. The predicted molar refractivity (Wildman–Crippen MR) is 98.4 cm³/mol. The summed E-state index contributed by atoms with van der Waals surface area (Å²) in [5.41, 5.74) is 2.39. The number of nitro groups is 1. The molecule has 0 fully saturated rings. The zero-order valence-electron chi connectivity index (χ0n) is 13.7. The maximum atomic E-state index is 11.7. The molecule has 136 valence electrons. The largest absolute Gasteiger partial charge is 0.459 e. The Labute approximate surface area is 158 Å². The fourth-order valence-electron chi connectivity index (χ4n) is 2.12. The van der Waals surface area contributed by atoms with Crippen LogP contribution < -0.4 is 10.2 Å². The molecule has 0 radical (unpaired) electrons. The topological polar surface area (TPSA) is 107 Å². The fraction of sp³-hybridized carbons (Fsp3) is 0. The molecule has 27 heavy (non-hydrogen) atoms. The van der Waals surface area contributed by atoms with Gasteiger partial charge < -0.3 is 9.15 Å². The van der Waals surface area contributed by atoms with Crippen LogP contribution in [0, 0.1) is 10.1 Å². The third kappa shape index (κ3) is 4.50. The third-order valence-electron chi connectivity index (χ3n) is 3.36. The molecule has 0 atom stereocenters. The van der Waals surface area contributed by atoms with Crippen LogP contribution in [0.3, 0.4) is 0 Å². The van der Waals surface area contributed by atoms with Crippen molar-refractivity contribution in [3.05, 3.63) is 87.3 Å². The summed E-state index contributed by atoms with van der Waals surface area (Å²) in [6.45, 7) is 0. The highest BCUT2D eigenvalue weighted by Crippen LogP contribution is 2.35. The van der Waals surface area contributed by atoms with E-state index in [4.69, 9.17) is 20.8 Å². The number of nitro benzene ring substituents is 1. The third-order valence-corrected chi connectivity index (χ3v) is 3.67. The van der Waals surface area contributed by atoms with E-state index in [1.54, 1.807) is 36.4 Å². The van der Waals surface area contributed by atoms with E-state index in [0.717, 1.165) is 0 Å². The van der Waals surface area contributed by atoms with Crippen molar-refractivity contribution in [2.75, 3.05) is 0 Å². The van der Waals surface area contributed by atoms with Crippen LogP contribution in [-0.2, 0) is 0 Å². The number of hydrogen-bond donors (Lipinski definition) is 1. The van der Waals surface area contributed by atoms with E-state index in [1.807, 2.05) is 0 Å². The van der Waals surface area contributed by atoms with Crippen molar-refractivity contribution in [1.29, 1.82) is 0 Å². The van der Waals surface area contributed by atoms with Gasteiger partial charge >= 0.3 is 11.6 Å². The van der Waals surface area contributed by atoms with E-state index in [-0.39, 0.29) is 17.2 Å². The quantitative estimate of drug-likeness (QED) is 0.384. The highest BCUT2D eigenvalue weighted by Gasteiger charge is 2.17. The number of carbonyl (C=O) groups is 1. The highest BCUT2D eigenvalue weighted by molar-refractivity contribution is 6.32. The summed E-state index contributed by atoms with van der Waals surface area (Å²) in [6.07, 6.45) is 2.63. The van der Waals surface area contributed by atoms with Crippen molar-refractivity contribution >= 4 is 29.4 Å². The maximum absolute atomic E-state index is 11.7. The molecule has 1 N–H and O–H groups in total. The molecule has 3 rings (SSSR count). The summed E-state index contributed by atoms with van der Waals surface area (Å²) in [4.78, 5) is 22.5. The van der Waals surface area contributed by atoms with E-state index in [2.05, 4.69) is 10.5 Å². The molecule has 0 spiro atoms. The molecule has 1 aromatic heterocycles. The van der Waals surface area contributed by atoms with Gasteiger partial charge in [-0.2, -0.15) is 5.10 Å². The van der Waals surface area contributed by atoms with Gasteiger partial charge in [0.05, 0.1) is 22.4 Å². The van der Waals surface area contributed by atoms with Crippen LogP contribution in [0.2, 0.25) is 5.02 Å². The van der Waals surface area contributed by atoms with Gasteiger partial charge in [-0.3, -0.25) is 14.9 Å². The molecule has 0 aliphatic rings. The number of hydrazone groups is 1. The molecule has 0 bridgehead atoms. The van der Waals surface area contributed by atoms with Crippen molar-refractivity contribution in [3.63, 3.8) is 0 Å². The van der Waals surface area contributed by atoms with Crippen LogP contribution >= 0.6 is 11.6 Å². The summed E-state index contributed by atoms with van der Waals surface area (Å²) in [5, 5.41) is 15.4. The van der Waals surface area contributed by atoms with Gasteiger partial charge in [0.2, 0.25) is 5.75 Å². The standard InChI is InChI=1S/C18H12ClN3O5/c19-13-4-1-2-5-15(13)27-16-8-7-12(10-14(16)22(24)25)11-20-21-18(23)17-6-3-9-26-17/h1-11H,(H,21,23)/b20-11+. The van der Waals surface area contributed by atoms with E-state index in [1.165, 1.54) is 30.7 Å². The number of para-hydroxylation sites is 1. The number of nitrogens with zero attached hydrogens (tertiary/aromatic N) is 2. The first-order chi connectivity index (χ1) is 13.0. The minimum absolute atomic E-state index is 0.0323. The Bertz CT molecular complexity index is 1000. The van der Waals surface area contributed by atoms with Crippen LogP contribution in [-0.4, -0.2) is 17.0 Å². The van der Waals surface area contributed by atoms with Crippen molar-refractivity contribution in [2.24, 2.45) is 5.10 Å². The first kappa shape index (κ1) is 18.2. The van der Waals surface area contributed by atoms with Gasteiger partial charge in [-0.25, -0.2) is 5.43 Å². The number of halogens is 1. The average Bonchev–Trinajstić information content (AvgIpc) is 3.19. The van der Waals surface area contributed by atoms with Gasteiger partial charge in [0.15, 0.2) is 5.76 Å². The number of hydrogen-bond acceptors (Lipinski definition) is 6. The highest BCUT2D eigenvalue weighted by atomic mass is 35.5. The van der Waals surface area contributed by atoms with Gasteiger partial charge in [-0.05, 0) is 36.4 Å². The van der Waals surface area contributed by atoms with Gasteiger partial charge in [0.1, 0.15) is 5.75 Å². The molecular formula is C18H12ClN3O5. The Hall–Kier alpha value is -3.65. The first-order valence-electron chi connectivity index (χ1n) is 7.62. The van der Waals surface area contributed by atoms with E-state index >= 15 is 0 Å². The molecule has 3 aromatic rings. The summed E-state index contributed by atoms with van der Waals surface area (Å²) in [6, 6.07) is 14.0. The number of nitrogens with one attached hydrogen (secondary N) is 1. The maximum Gasteiger partial charge on any atom is 0.312 e. The number of furan rings is 1. The molecule has 1 heterocycles. The Kier molecular flexibility index (Phi) is 5.48. The minimum atomic E-state index is -0.578. The van der Waals surface area contributed by atoms with Gasteiger partial charge in [0, 0.05) is 11.6 Å². The lowest BCUT2D eigenvalue weighted by Crippen LogP contribution is -2.16. The number of amides is 1. The molecule has 8 nitrogen and oxygen atoms in total. The van der Waals surface area contributed by atoms with Crippen molar-refractivity contribution in [1.82, 2.24) is 5.43 Å². The fourth-order valence-corrected chi connectivity index (χ4v) is 2.29. The molecule has 0 aliphatic carbocycles. The van der Waals surface area contributed by atoms with Crippen LogP contribution in [0.4, 0.5) is 5.69 Å². The second-order valence-corrected chi connectivity index (χ2v) is 5.60. The second kappa shape index (κ2) is 8.15. The summed E-state index contributed by atoms with van der Waals surface area (Å²) in [7, 11) is 0. The zero-order chi connectivity index (χ0) is 19.2. The molecule has 0 saturated heterocycles. The Morgan fingerprint density at radius 3 is 2.70 bits per heavy atom. The molecule has 0 saturated carbocycles. The number of carbonyl (C=O) groups excluding carboxylic acids is 1. The average molecular weight is 386 g/mol. The van der Waals surface area contributed by atoms with Crippen molar-refractivity contribution in [3.8, 4) is 11.5 Å². The lowest BCUT2D eigenvalue weighted by atomic mass is 10.2. The molecule has 2 aromatic carbocycles. The minimum Gasteiger partial charge on any atom is -0.459 e. The van der Waals surface area contributed by atoms with Crippen LogP contribution in [0.25, 0.3) is 0 Å². The molecule has 9 heteroatoms. The van der Waals surface area contributed by atoms with Crippen molar-refractivity contribution in [2.45, 2.75) is 0 Å². The Balaban J connectivity index is 1.77. The summed E-state index contributed by atoms with van der Waals surface area (Å²) < 4.78 is 10.5. The lowest BCUT2D eigenvalue weighted by Gasteiger charge is -2.08. The van der Waals surface area contributed by atoms with E-state index < -0.39 is 10.8 Å². The molecule has 0 unspecified atom stereocenters. The summed E-state index contributed by atoms with van der Waals surface area (Å²) >= 11 is 6.01. The van der Waals surface area contributed by atoms with Gasteiger partial charge in [-0.15, -0.1) is 0 Å². The predicted octanol–water partition coefficient (Wildman–Crippen LogP) is 4.40. The van der Waals surface area contributed by atoms with E-state index in [0.29, 0.717) is 16.3 Å². The van der Waals surface area contributed by atoms with Gasteiger partial charge in [-0.1, -0.05) is 23.7 Å². The number of benzene rings is 2. The van der Waals surface area contributed by atoms with Crippen LogP contribution in [0.15, 0.2) is 70.4 Å². The number of ether oxygens (including phenoxy) is 1. The molecular weight excluding hydrogens is 374 g/mol. The SMILES string of the molecule is O=C(N/N=C/c1ccc(Oc2ccccc2Cl)c([N+](=O)[O-])c1)c1ccco1. The molecule has 1 amide bonds. The Morgan fingerprint density at radius 2 is 2.00 bits per heavy atom. The first-order valence-corrected chi connectivity index (χ1v) is 8.00. The van der Waals surface area contributed by atoms with Gasteiger partial charge in [0.25, 0.3) is 0 Å². The van der Waals surface area contributed by atoms with Crippen molar-refractivity contribution < 1.29 is 18.9 Å². The van der Waals surface area contributed by atoms with Crippen LogP contribution in [0.5, 0.6) is 11.5 Å². The van der Waals surface area contributed by atoms with Crippen LogP contribution in [0.1, 0.15) is 16.1 Å². The smallest absolute Gasteiger partial charge is 0.312 e. The molecule has 0 aliphatic heterocycles. The Morgan fingerprint density at radius 1 is 1.19 bits per heavy atom.